The topological polar surface area (TPSA) is 116 Å². The third-order valence-electron chi connectivity index (χ3n) is 6.06. The van der Waals surface area contributed by atoms with Gasteiger partial charge in [-0.25, -0.2) is 4.79 Å². The number of carboxylic acids is 1. The molecule has 9 heteroatoms. The van der Waals surface area contributed by atoms with Gasteiger partial charge in [0.25, 0.3) is 11.8 Å². The van der Waals surface area contributed by atoms with Crippen molar-refractivity contribution in [1.82, 2.24) is 10.2 Å². The fourth-order valence-electron chi connectivity index (χ4n) is 4.17. The monoisotopic (exact) mass is 486 g/mol. The molecule has 1 fully saturated rings. The summed E-state index contributed by atoms with van der Waals surface area (Å²) in [7, 11) is 1.51. The summed E-state index contributed by atoms with van der Waals surface area (Å²) < 4.78 is 4.58. The van der Waals surface area contributed by atoms with Gasteiger partial charge < -0.3 is 25.2 Å². The Kier molecular flexibility index (Phi) is 7.89. The molecule has 0 spiro atoms. The highest BCUT2D eigenvalue weighted by molar-refractivity contribution is 8.00. The molecule has 8 nitrogen and oxygen atoms in total. The highest BCUT2D eigenvalue weighted by Crippen LogP contribution is 2.39. The van der Waals surface area contributed by atoms with Crippen LogP contribution in [0.25, 0.3) is 0 Å². The van der Waals surface area contributed by atoms with Gasteiger partial charge in [0.15, 0.2) is 6.10 Å². The number of aliphatic hydroxyl groups excluding tert-OH is 1. The molecule has 34 heavy (non-hydrogen) atoms. The van der Waals surface area contributed by atoms with E-state index in [2.05, 4.69) is 5.32 Å². The van der Waals surface area contributed by atoms with Gasteiger partial charge in [-0.05, 0) is 44.9 Å². The number of nitrogens with one attached hydrogen (secondary N) is 1. The fraction of sp³-hybridized carbons (Fsp3) is 0.400. The molecule has 3 atom stereocenters. The molecule has 2 aromatic carbocycles. The molecule has 3 rings (SSSR count). The lowest BCUT2D eigenvalue weighted by molar-refractivity contribution is -0.154. The molecule has 1 heterocycles. The molecule has 1 aliphatic heterocycles. The molecule has 182 valence electrons. The van der Waals surface area contributed by atoms with Crippen LogP contribution < -0.4 is 10.1 Å². The molecular weight excluding hydrogens is 456 g/mol. The molecule has 0 aromatic heterocycles. The van der Waals surface area contributed by atoms with E-state index in [0.717, 1.165) is 5.56 Å². The maximum absolute atomic E-state index is 13.3. The van der Waals surface area contributed by atoms with Crippen LogP contribution in [0.5, 0.6) is 5.75 Å². The first kappa shape index (κ1) is 25.6. The van der Waals surface area contributed by atoms with Gasteiger partial charge >= 0.3 is 5.97 Å². The Hall–Kier alpha value is -3.04. The minimum atomic E-state index is -1.63. The second-order valence-corrected chi connectivity index (χ2v) is 10.4. The van der Waals surface area contributed by atoms with E-state index in [1.165, 1.54) is 23.8 Å². The van der Waals surface area contributed by atoms with Gasteiger partial charge in [0.2, 0.25) is 0 Å². The first-order valence-electron chi connectivity index (χ1n) is 10.9. The first-order chi connectivity index (χ1) is 16.1. The Morgan fingerprint density at radius 1 is 1.18 bits per heavy atom. The number of nitrogens with zero attached hydrogens (tertiary/aromatic N) is 1. The highest BCUT2D eigenvalue weighted by Gasteiger charge is 2.50. The fourth-order valence-corrected chi connectivity index (χ4v) is 5.30. The average molecular weight is 487 g/mol. The molecule has 3 N–H and O–H groups in total. The lowest BCUT2D eigenvalue weighted by atomic mass is 9.97. The Balaban J connectivity index is 1.89. The van der Waals surface area contributed by atoms with Crippen molar-refractivity contribution in [2.45, 2.75) is 50.1 Å². The SMILES string of the molecule is COc1cccc(C(=O)N[C@@H](Cc2ccccc2)[C@H](O)C(=O)N2CSC(C)(C)C2C(=O)O)c1C. The van der Waals surface area contributed by atoms with Crippen molar-refractivity contribution in [2.24, 2.45) is 0 Å². The van der Waals surface area contributed by atoms with Crippen LogP contribution in [-0.4, -0.2) is 68.8 Å². The second-order valence-electron chi connectivity index (χ2n) is 8.77. The van der Waals surface area contributed by atoms with E-state index in [0.29, 0.717) is 16.9 Å². The highest BCUT2D eigenvalue weighted by atomic mass is 32.2. The molecular formula is C25H30N2O6S. The van der Waals surface area contributed by atoms with Crippen LogP contribution in [0.4, 0.5) is 0 Å². The van der Waals surface area contributed by atoms with Gasteiger partial charge in [-0.3, -0.25) is 9.59 Å². The van der Waals surface area contributed by atoms with Crippen LogP contribution in [0.1, 0.15) is 35.3 Å². The molecule has 1 saturated heterocycles. The van der Waals surface area contributed by atoms with E-state index in [1.807, 2.05) is 30.3 Å². The van der Waals surface area contributed by atoms with Crippen LogP contribution in [-0.2, 0) is 16.0 Å². The molecule has 0 bridgehead atoms. The lowest BCUT2D eigenvalue weighted by Crippen LogP contribution is -2.57. The number of rotatable bonds is 8. The van der Waals surface area contributed by atoms with Gasteiger partial charge in [-0.15, -0.1) is 11.8 Å². The van der Waals surface area contributed by atoms with Crippen molar-refractivity contribution >= 4 is 29.5 Å². The van der Waals surface area contributed by atoms with Crippen LogP contribution in [0.2, 0.25) is 0 Å². The Labute approximate surface area is 203 Å². The molecule has 2 amide bonds. The number of methoxy groups -OCH3 is 1. The van der Waals surface area contributed by atoms with E-state index < -0.39 is 40.7 Å². The van der Waals surface area contributed by atoms with Gasteiger partial charge in [0, 0.05) is 15.9 Å². The van der Waals surface area contributed by atoms with Crippen molar-refractivity contribution in [1.29, 1.82) is 0 Å². The summed E-state index contributed by atoms with van der Waals surface area (Å²) in [5.41, 5.74) is 1.80. The van der Waals surface area contributed by atoms with Gasteiger partial charge in [-0.1, -0.05) is 36.4 Å². The maximum Gasteiger partial charge on any atom is 0.327 e. The van der Waals surface area contributed by atoms with Crippen LogP contribution in [0.15, 0.2) is 48.5 Å². The molecule has 0 aliphatic carbocycles. The number of aliphatic carboxylic acids is 1. The summed E-state index contributed by atoms with van der Waals surface area (Å²) in [5, 5.41) is 23.6. The quantitative estimate of drug-likeness (QED) is 0.525. The van der Waals surface area contributed by atoms with Crippen molar-refractivity contribution in [3.05, 3.63) is 65.2 Å². The summed E-state index contributed by atoms with van der Waals surface area (Å²) in [4.78, 5) is 39.5. The number of amides is 2. The van der Waals surface area contributed by atoms with Crippen LogP contribution in [0.3, 0.4) is 0 Å². The predicted molar refractivity (Wildman–Crippen MR) is 130 cm³/mol. The third kappa shape index (κ3) is 5.37. The van der Waals surface area contributed by atoms with E-state index in [4.69, 9.17) is 4.74 Å². The smallest absolute Gasteiger partial charge is 0.327 e. The molecule has 1 unspecified atom stereocenters. The number of carboxylic acid groups (broad SMARTS) is 1. The van der Waals surface area contributed by atoms with Gasteiger partial charge in [0.05, 0.1) is 19.0 Å². The van der Waals surface area contributed by atoms with Gasteiger partial charge in [-0.2, -0.15) is 0 Å². The lowest BCUT2D eigenvalue weighted by Gasteiger charge is -2.31. The molecule has 0 saturated carbocycles. The maximum atomic E-state index is 13.3. The number of carbonyl (C=O) groups excluding carboxylic acids is 2. The van der Waals surface area contributed by atoms with Crippen LogP contribution in [0, 0.1) is 6.92 Å². The standard InChI is InChI=1S/C25H30N2O6S/c1-15-17(11-8-12-19(15)33-4)22(29)26-18(13-16-9-6-5-7-10-16)20(28)23(30)27-14-34-25(2,3)21(27)24(31)32/h5-12,18,20-21,28H,13-14H2,1-4H3,(H,26,29)(H,31,32)/t18-,20-,21?/m0/s1. The van der Waals surface area contributed by atoms with E-state index in [9.17, 15) is 24.6 Å². The van der Waals surface area contributed by atoms with E-state index in [1.54, 1.807) is 39.0 Å². The van der Waals surface area contributed by atoms with Crippen molar-refractivity contribution in [2.75, 3.05) is 13.0 Å². The van der Waals surface area contributed by atoms with E-state index >= 15 is 0 Å². The number of benzene rings is 2. The number of aliphatic hydroxyl groups is 1. The Morgan fingerprint density at radius 2 is 1.85 bits per heavy atom. The average Bonchev–Trinajstić information content (AvgIpc) is 3.13. The van der Waals surface area contributed by atoms with Crippen LogP contribution >= 0.6 is 11.8 Å². The number of hydrogen-bond donors (Lipinski definition) is 3. The summed E-state index contributed by atoms with van der Waals surface area (Å²) in [6.45, 7) is 5.26. The van der Waals surface area contributed by atoms with Crippen molar-refractivity contribution < 1.29 is 29.3 Å². The zero-order valence-electron chi connectivity index (χ0n) is 19.6. The summed E-state index contributed by atoms with van der Waals surface area (Å²) in [5.74, 6) is -1.64. The largest absolute Gasteiger partial charge is 0.496 e. The minimum Gasteiger partial charge on any atom is -0.496 e. The Morgan fingerprint density at radius 3 is 2.47 bits per heavy atom. The normalized spacial score (nSPS) is 18.7. The number of thioether (sulfide) groups is 1. The Bertz CT molecular complexity index is 1060. The van der Waals surface area contributed by atoms with Gasteiger partial charge in [0.1, 0.15) is 11.8 Å². The molecule has 1 aliphatic rings. The zero-order valence-corrected chi connectivity index (χ0v) is 20.5. The second kappa shape index (κ2) is 10.5. The molecule has 0 radical (unpaired) electrons. The van der Waals surface area contributed by atoms with Crippen molar-refractivity contribution in [3.63, 3.8) is 0 Å². The zero-order chi connectivity index (χ0) is 25.0. The first-order valence-corrected chi connectivity index (χ1v) is 11.9. The summed E-state index contributed by atoms with van der Waals surface area (Å²) in [6.07, 6.45) is -1.45. The third-order valence-corrected chi connectivity index (χ3v) is 7.44. The summed E-state index contributed by atoms with van der Waals surface area (Å²) in [6, 6.07) is 12.2. The molecule has 2 aromatic rings. The van der Waals surface area contributed by atoms with E-state index in [-0.39, 0.29) is 12.3 Å². The number of ether oxygens (including phenoxy) is 1. The predicted octanol–water partition coefficient (Wildman–Crippen LogP) is 2.47. The minimum absolute atomic E-state index is 0.140. The number of carbonyl (C=O) groups is 3. The van der Waals surface area contributed by atoms with Crippen molar-refractivity contribution in [3.8, 4) is 5.75 Å². The summed E-state index contributed by atoms with van der Waals surface area (Å²) >= 11 is 1.33. The number of hydrogen-bond acceptors (Lipinski definition) is 6.